The lowest BCUT2D eigenvalue weighted by Gasteiger charge is -2.10. The molecule has 5 nitrogen and oxygen atoms in total. The van der Waals surface area contributed by atoms with E-state index in [1.54, 1.807) is 37.0 Å². The number of aromatic nitrogens is 4. The van der Waals surface area contributed by atoms with E-state index in [2.05, 4.69) is 37.4 Å². The van der Waals surface area contributed by atoms with E-state index in [0.717, 1.165) is 16.7 Å². The molecule has 0 saturated heterocycles. The zero-order valence-corrected chi connectivity index (χ0v) is 14.3. The van der Waals surface area contributed by atoms with E-state index in [0.29, 0.717) is 23.0 Å². The molecule has 0 N–H and O–H groups in total. The molecule has 6 heteroatoms. The molecule has 122 valence electrons. The first-order valence-corrected chi connectivity index (χ1v) is 8.60. The Morgan fingerprint density at radius 3 is 2.64 bits per heavy atom. The average molecular weight is 346 g/mol. The van der Waals surface area contributed by atoms with E-state index in [1.165, 1.54) is 0 Å². The van der Waals surface area contributed by atoms with Gasteiger partial charge in [-0.15, -0.1) is 0 Å². The molecule has 0 spiro atoms. The molecule has 0 saturated carbocycles. The van der Waals surface area contributed by atoms with Crippen LogP contribution in [0, 0.1) is 0 Å². The van der Waals surface area contributed by atoms with Gasteiger partial charge in [0.25, 0.3) is 0 Å². The molecule has 0 aromatic carbocycles. The SMILES string of the molecule is COc1cnc(-c2ccccn2)nc1-c1cncc(-c2ccsc2)c1. The molecule has 0 radical (unpaired) electrons. The van der Waals surface area contributed by atoms with Gasteiger partial charge in [-0.2, -0.15) is 11.3 Å². The Labute approximate surface area is 149 Å². The summed E-state index contributed by atoms with van der Waals surface area (Å²) in [4.78, 5) is 17.7. The highest BCUT2D eigenvalue weighted by atomic mass is 32.1. The minimum Gasteiger partial charge on any atom is -0.493 e. The van der Waals surface area contributed by atoms with Gasteiger partial charge in [-0.05, 0) is 40.6 Å². The van der Waals surface area contributed by atoms with E-state index in [9.17, 15) is 0 Å². The zero-order chi connectivity index (χ0) is 17.1. The van der Waals surface area contributed by atoms with Gasteiger partial charge in [-0.25, -0.2) is 9.97 Å². The van der Waals surface area contributed by atoms with Crippen molar-refractivity contribution in [3.63, 3.8) is 0 Å². The fraction of sp³-hybridized carbons (Fsp3) is 0.0526. The third-order valence-corrected chi connectivity index (χ3v) is 4.42. The van der Waals surface area contributed by atoms with Crippen molar-refractivity contribution >= 4 is 11.3 Å². The molecular formula is C19H14N4OS. The van der Waals surface area contributed by atoms with Gasteiger partial charge in [0.15, 0.2) is 11.6 Å². The van der Waals surface area contributed by atoms with Crippen LogP contribution in [0.25, 0.3) is 33.9 Å². The number of pyridine rings is 2. The van der Waals surface area contributed by atoms with Crippen LogP contribution in [0.5, 0.6) is 5.75 Å². The van der Waals surface area contributed by atoms with Gasteiger partial charge < -0.3 is 4.74 Å². The van der Waals surface area contributed by atoms with Crippen molar-refractivity contribution in [3.05, 3.63) is 65.9 Å². The van der Waals surface area contributed by atoms with Crippen molar-refractivity contribution in [2.75, 3.05) is 7.11 Å². The summed E-state index contributed by atoms with van der Waals surface area (Å²) in [5, 5.41) is 4.14. The topological polar surface area (TPSA) is 60.8 Å². The Balaban J connectivity index is 1.83. The number of hydrogen-bond donors (Lipinski definition) is 0. The summed E-state index contributed by atoms with van der Waals surface area (Å²) in [6, 6.07) is 9.78. The number of ether oxygens (including phenoxy) is 1. The van der Waals surface area contributed by atoms with Crippen LogP contribution >= 0.6 is 11.3 Å². The second kappa shape index (κ2) is 6.78. The molecule has 4 rings (SSSR count). The predicted molar refractivity (Wildman–Crippen MR) is 98.4 cm³/mol. The predicted octanol–water partition coefficient (Wildman–Crippen LogP) is 4.34. The monoisotopic (exact) mass is 346 g/mol. The third kappa shape index (κ3) is 3.12. The standard InChI is InChI=1S/C19H14N4OS/c1-24-17-11-22-19(16-4-2-3-6-21-16)23-18(17)15-8-14(9-20-10-15)13-5-7-25-12-13/h2-12H,1H3. The summed E-state index contributed by atoms with van der Waals surface area (Å²) in [6.45, 7) is 0. The van der Waals surface area contributed by atoms with E-state index in [1.807, 2.05) is 29.8 Å². The Bertz CT molecular complexity index is 988. The number of nitrogens with zero attached hydrogens (tertiary/aromatic N) is 4. The third-order valence-electron chi connectivity index (χ3n) is 3.74. The van der Waals surface area contributed by atoms with Crippen molar-refractivity contribution in [2.24, 2.45) is 0 Å². The normalized spacial score (nSPS) is 10.6. The molecule has 4 heterocycles. The first-order valence-electron chi connectivity index (χ1n) is 7.65. The first-order chi connectivity index (χ1) is 12.3. The van der Waals surface area contributed by atoms with Gasteiger partial charge in [-0.1, -0.05) is 6.07 Å². The minimum absolute atomic E-state index is 0.553. The van der Waals surface area contributed by atoms with Crippen LogP contribution in [-0.4, -0.2) is 27.0 Å². The van der Waals surface area contributed by atoms with Gasteiger partial charge in [-0.3, -0.25) is 9.97 Å². The quantitative estimate of drug-likeness (QED) is 0.550. The summed E-state index contributed by atoms with van der Waals surface area (Å²) in [5.41, 5.74) is 4.47. The fourth-order valence-electron chi connectivity index (χ4n) is 2.50. The molecule has 0 aliphatic rings. The van der Waals surface area contributed by atoms with Crippen LogP contribution in [0.2, 0.25) is 0 Å². The first kappa shape index (κ1) is 15.4. The molecule has 0 aliphatic carbocycles. The Morgan fingerprint density at radius 1 is 0.960 bits per heavy atom. The van der Waals surface area contributed by atoms with Crippen molar-refractivity contribution in [3.8, 4) is 39.7 Å². The van der Waals surface area contributed by atoms with E-state index < -0.39 is 0 Å². The van der Waals surface area contributed by atoms with Crippen LogP contribution < -0.4 is 4.74 Å². The molecule has 0 amide bonds. The molecule has 0 aliphatic heterocycles. The van der Waals surface area contributed by atoms with Crippen molar-refractivity contribution in [1.82, 2.24) is 19.9 Å². The van der Waals surface area contributed by atoms with Crippen molar-refractivity contribution in [1.29, 1.82) is 0 Å². The van der Waals surface area contributed by atoms with Crippen molar-refractivity contribution < 1.29 is 4.74 Å². The summed E-state index contributed by atoms with van der Waals surface area (Å²) < 4.78 is 5.45. The van der Waals surface area contributed by atoms with Gasteiger partial charge >= 0.3 is 0 Å². The summed E-state index contributed by atoms with van der Waals surface area (Å²) in [7, 11) is 1.61. The number of hydrogen-bond acceptors (Lipinski definition) is 6. The number of thiophene rings is 1. The van der Waals surface area contributed by atoms with Gasteiger partial charge in [0.05, 0.1) is 13.3 Å². The Hall–Kier alpha value is -3.12. The van der Waals surface area contributed by atoms with Crippen LogP contribution in [0.1, 0.15) is 0 Å². The van der Waals surface area contributed by atoms with E-state index >= 15 is 0 Å². The van der Waals surface area contributed by atoms with Crippen LogP contribution in [-0.2, 0) is 0 Å². The average Bonchev–Trinajstić information content (AvgIpc) is 3.23. The summed E-state index contributed by atoms with van der Waals surface area (Å²) in [6.07, 6.45) is 7.02. The molecule has 4 aromatic heterocycles. The molecular weight excluding hydrogens is 332 g/mol. The maximum absolute atomic E-state index is 5.45. The van der Waals surface area contributed by atoms with Crippen LogP contribution in [0.3, 0.4) is 0 Å². The van der Waals surface area contributed by atoms with Crippen LogP contribution in [0.4, 0.5) is 0 Å². The summed E-state index contributed by atoms with van der Waals surface area (Å²) >= 11 is 1.66. The molecule has 0 fully saturated rings. The minimum atomic E-state index is 0.553. The highest BCUT2D eigenvalue weighted by Crippen LogP contribution is 2.31. The molecule has 0 bridgehead atoms. The maximum atomic E-state index is 5.45. The van der Waals surface area contributed by atoms with E-state index in [4.69, 9.17) is 4.74 Å². The highest BCUT2D eigenvalue weighted by molar-refractivity contribution is 7.08. The molecule has 0 atom stereocenters. The number of rotatable bonds is 4. The molecule has 0 unspecified atom stereocenters. The molecule has 25 heavy (non-hydrogen) atoms. The lowest BCUT2D eigenvalue weighted by atomic mass is 10.1. The van der Waals surface area contributed by atoms with E-state index in [-0.39, 0.29) is 0 Å². The Morgan fingerprint density at radius 2 is 1.88 bits per heavy atom. The van der Waals surface area contributed by atoms with Crippen LogP contribution in [0.15, 0.2) is 65.9 Å². The van der Waals surface area contributed by atoms with Gasteiger partial charge in [0, 0.05) is 29.7 Å². The lowest BCUT2D eigenvalue weighted by molar-refractivity contribution is 0.413. The van der Waals surface area contributed by atoms with Crippen molar-refractivity contribution in [2.45, 2.75) is 0 Å². The second-order valence-corrected chi connectivity index (χ2v) is 6.08. The maximum Gasteiger partial charge on any atom is 0.178 e. The second-order valence-electron chi connectivity index (χ2n) is 5.30. The lowest BCUT2D eigenvalue weighted by Crippen LogP contribution is -1.98. The Kier molecular flexibility index (Phi) is 4.18. The molecule has 4 aromatic rings. The number of methoxy groups -OCH3 is 1. The fourth-order valence-corrected chi connectivity index (χ4v) is 3.17. The van der Waals surface area contributed by atoms with Gasteiger partial charge in [0.1, 0.15) is 11.4 Å². The zero-order valence-electron chi connectivity index (χ0n) is 13.5. The smallest absolute Gasteiger partial charge is 0.178 e. The van der Waals surface area contributed by atoms with Gasteiger partial charge in [0.2, 0.25) is 0 Å². The highest BCUT2D eigenvalue weighted by Gasteiger charge is 2.13. The largest absolute Gasteiger partial charge is 0.493 e. The summed E-state index contributed by atoms with van der Waals surface area (Å²) in [5.74, 6) is 1.15.